The average Bonchev–Trinajstić information content (AvgIpc) is 2.59. The minimum atomic E-state index is -0.0432. The Balaban J connectivity index is 3.24. The third-order valence-corrected chi connectivity index (χ3v) is 4.68. The molecule has 0 unspecified atom stereocenters. The van der Waals surface area contributed by atoms with Gasteiger partial charge in [-0.3, -0.25) is 9.59 Å². The first-order chi connectivity index (χ1) is 12.9. The third-order valence-electron chi connectivity index (χ3n) is 4.68. The van der Waals surface area contributed by atoms with Gasteiger partial charge in [0.15, 0.2) is 0 Å². The van der Waals surface area contributed by atoms with E-state index in [1.54, 1.807) is 0 Å². The molecule has 0 bridgehead atoms. The lowest BCUT2D eigenvalue weighted by atomic mass is 10.1. The largest absolute Gasteiger partial charge is 0.466 e. The van der Waals surface area contributed by atoms with Crippen molar-refractivity contribution in [3.8, 4) is 0 Å². The van der Waals surface area contributed by atoms with Crippen LogP contribution in [0.1, 0.15) is 111 Å². The molecule has 0 aromatic rings. The molecule has 0 aliphatic rings. The molecule has 0 aliphatic carbocycles. The first kappa shape index (κ1) is 25.9. The highest BCUT2D eigenvalue weighted by Gasteiger charge is 2.04. The fraction of sp³-hybridized carbons (Fsp3) is 0.913. The molecule has 0 radical (unpaired) electrons. The lowest BCUT2D eigenvalue weighted by molar-refractivity contribution is -0.145. The predicted octanol–water partition coefficient (Wildman–Crippen LogP) is 6.46. The summed E-state index contributed by atoms with van der Waals surface area (Å²) in [6, 6.07) is 0. The van der Waals surface area contributed by atoms with E-state index >= 15 is 0 Å². The first-order valence-corrected chi connectivity index (χ1v) is 11.2. The Kier molecular flexibility index (Phi) is 17.6. The summed E-state index contributed by atoms with van der Waals surface area (Å²) in [5.74, 6) is 1.08. The second kappa shape index (κ2) is 18.3. The second-order valence-electron chi connectivity index (χ2n) is 8.49. The van der Waals surface area contributed by atoms with Gasteiger partial charge < -0.3 is 9.47 Å². The van der Waals surface area contributed by atoms with Crippen LogP contribution < -0.4 is 0 Å². The number of esters is 2. The number of rotatable bonds is 18. The molecule has 4 heteroatoms. The smallest absolute Gasteiger partial charge is 0.305 e. The Labute approximate surface area is 167 Å². The van der Waals surface area contributed by atoms with Gasteiger partial charge in [0.2, 0.25) is 0 Å². The lowest BCUT2D eigenvalue weighted by Gasteiger charge is -2.07. The molecule has 0 aromatic heterocycles. The Bertz CT molecular complexity index is 329. The quantitative estimate of drug-likeness (QED) is 0.201. The normalized spacial score (nSPS) is 11.2. The van der Waals surface area contributed by atoms with Gasteiger partial charge in [0, 0.05) is 12.8 Å². The molecule has 27 heavy (non-hydrogen) atoms. The van der Waals surface area contributed by atoms with Gasteiger partial charge in [-0.2, -0.15) is 0 Å². The summed E-state index contributed by atoms with van der Waals surface area (Å²) < 4.78 is 10.4. The molecule has 0 heterocycles. The summed E-state index contributed by atoms with van der Waals surface area (Å²) in [4.78, 5) is 23.1. The zero-order valence-electron chi connectivity index (χ0n) is 18.4. The van der Waals surface area contributed by atoms with Crippen molar-refractivity contribution in [1.82, 2.24) is 0 Å². The molecule has 0 amide bonds. The summed E-state index contributed by atoms with van der Waals surface area (Å²) in [6.07, 6.45) is 13.2. The van der Waals surface area contributed by atoms with E-state index in [4.69, 9.17) is 9.47 Å². The van der Waals surface area contributed by atoms with E-state index in [0.717, 1.165) is 38.5 Å². The van der Waals surface area contributed by atoms with Crippen LogP contribution in [0.25, 0.3) is 0 Å². The summed E-state index contributed by atoms with van der Waals surface area (Å²) in [5, 5.41) is 0. The molecule has 0 spiro atoms. The zero-order valence-corrected chi connectivity index (χ0v) is 18.4. The van der Waals surface area contributed by atoms with E-state index in [1.807, 2.05) is 0 Å². The van der Waals surface area contributed by atoms with Crippen molar-refractivity contribution in [2.75, 3.05) is 13.2 Å². The lowest BCUT2D eigenvalue weighted by Crippen LogP contribution is -2.07. The van der Waals surface area contributed by atoms with Crippen LogP contribution in [0.5, 0.6) is 0 Å². The highest BCUT2D eigenvalue weighted by atomic mass is 16.5. The van der Waals surface area contributed by atoms with Gasteiger partial charge in [-0.1, -0.05) is 72.6 Å². The maximum Gasteiger partial charge on any atom is 0.305 e. The van der Waals surface area contributed by atoms with Gasteiger partial charge >= 0.3 is 11.9 Å². The van der Waals surface area contributed by atoms with Crippen molar-refractivity contribution < 1.29 is 19.1 Å². The fourth-order valence-electron chi connectivity index (χ4n) is 2.74. The van der Waals surface area contributed by atoms with Crippen LogP contribution in [0.15, 0.2) is 0 Å². The van der Waals surface area contributed by atoms with Crippen molar-refractivity contribution in [3.63, 3.8) is 0 Å². The van der Waals surface area contributed by atoms with Crippen molar-refractivity contribution in [2.45, 2.75) is 111 Å². The number of hydrogen-bond donors (Lipinski definition) is 0. The molecule has 0 saturated heterocycles. The van der Waals surface area contributed by atoms with Gasteiger partial charge in [0.25, 0.3) is 0 Å². The maximum atomic E-state index is 11.5. The van der Waals surface area contributed by atoms with Gasteiger partial charge in [-0.05, 0) is 37.5 Å². The summed E-state index contributed by atoms with van der Waals surface area (Å²) in [7, 11) is 0. The first-order valence-electron chi connectivity index (χ1n) is 11.2. The summed E-state index contributed by atoms with van der Waals surface area (Å²) in [6.45, 7) is 9.67. The molecular weight excluding hydrogens is 340 g/mol. The summed E-state index contributed by atoms with van der Waals surface area (Å²) >= 11 is 0. The average molecular weight is 385 g/mol. The molecule has 0 atom stereocenters. The Morgan fingerprint density at radius 2 is 0.852 bits per heavy atom. The predicted molar refractivity (Wildman–Crippen MR) is 112 cm³/mol. The molecular formula is C23H44O4. The molecule has 0 aromatic carbocycles. The van der Waals surface area contributed by atoms with Crippen LogP contribution in [0.4, 0.5) is 0 Å². The Morgan fingerprint density at radius 1 is 0.556 bits per heavy atom. The van der Waals surface area contributed by atoms with Gasteiger partial charge in [-0.15, -0.1) is 0 Å². The SMILES string of the molecule is CC(C)CCOC(=O)CCCCCCCCCCCC(=O)OCCC(C)C. The fourth-order valence-corrected chi connectivity index (χ4v) is 2.74. The third kappa shape index (κ3) is 21.1. The van der Waals surface area contributed by atoms with E-state index < -0.39 is 0 Å². The van der Waals surface area contributed by atoms with E-state index in [-0.39, 0.29) is 11.9 Å². The Hall–Kier alpha value is -1.06. The topological polar surface area (TPSA) is 52.6 Å². The van der Waals surface area contributed by atoms with Gasteiger partial charge in [-0.25, -0.2) is 0 Å². The van der Waals surface area contributed by atoms with Crippen LogP contribution in [0.2, 0.25) is 0 Å². The van der Waals surface area contributed by atoms with Gasteiger partial charge in [0.1, 0.15) is 0 Å². The van der Waals surface area contributed by atoms with Crippen molar-refractivity contribution in [3.05, 3.63) is 0 Å². The number of unbranched alkanes of at least 4 members (excludes halogenated alkanes) is 8. The highest BCUT2D eigenvalue weighted by Crippen LogP contribution is 2.12. The molecule has 0 N–H and O–H groups in total. The minimum Gasteiger partial charge on any atom is -0.466 e. The number of hydrogen-bond acceptors (Lipinski definition) is 4. The highest BCUT2D eigenvalue weighted by molar-refractivity contribution is 5.69. The Morgan fingerprint density at radius 3 is 1.15 bits per heavy atom. The number of ether oxygens (including phenoxy) is 2. The van der Waals surface area contributed by atoms with Crippen molar-refractivity contribution in [2.24, 2.45) is 11.8 Å². The van der Waals surface area contributed by atoms with Crippen LogP contribution >= 0.6 is 0 Å². The molecule has 4 nitrogen and oxygen atoms in total. The van der Waals surface area contributed by atoms with Crippen LogP contribution in [-0.4, -0.2) is 25.2 Å². The van der Waals surface area contributed by atoms with E-state index in [0.29, 0.717) is 37.9 Å². The minimum absolute atomic E-state index is 0.0432. The standard InChI is InChI=1S/C23H44O4/c1-20(2)16-18-26-22(24)14-12-10-8-6-5-7-9-11-13-15-23(25)27-19-17-21(3)4/h20-21H,5-19H2,1-4H3. The summed E-state index contributed by atoms with van der Waals surface area (Å²) in [5.41, 5.74) is 0. The van der Waals surface area contributed by atoms with E-state index in [9.17, 15) is 9.59 Å². The molecule has 0 aliphatic heterocycles. The van der Waals surface area contributed by atoms with Gasteiger partial charge in [0.05, 0.1) is 13.2 Å². The number of carbonyl (C=O) groups is 2. The molecule has 0 rings (SSSR count). The number of carbonyl (C=O) groups excluding carboxylic acids is 2. The van der Waals surface area contributed by atoms with Crippen LogP contribution in [-0.2, 0) is 19.1 Å². The second-order valence-corrected chi connectivity index (χ2v) is 8.49. The maximum absolute atomic E-state index is 11.5. The van der Waals surface area contributed by atoms with Crippen LogP contribution in [0.3, 0.4) is 0 Å². The molecule has 0 saturated carbocycles. The zero-order chi connectivity index (χ0) is 20.3. The van der Waals surface area contributed by atoms with E-state index in [2.05, 4.69) is 27.7 Å². The van der Waals surface area contributed by atoms with Crippen molar-refractivity contribution in [1.29, 1.82) is 0 Å². The van der Waals surface area contributed by atoms with Crippen molar-refractivity contribution >= 4 is 11.9 Å². The molecule has 0 fully saturated rings. The molecule has 160 valence electrons. The van der Waals surface area contributed by atoms with Crippen LogP contribution in [0, 0.1) is 11.8 Å². The monoisotopic (exact) mass is 384 g/mol. The van der Waals surface area contributed by atoms with E-state index in [1.165, 1.54) is 32.1 Å².